The van der Waals surface area contributed by atoms with E-state index in [1.807, 2.05) is 0 Å². The number of carbonyl (C=O) groups excluding carboxylic acids is 1. The van der Waals surface area contributed by atoms with Crippen molar-refractivity contribution < 1.29 is 18.0 Å². The van der Waals surface area contributed by atoms with Gasteiger partial charge in [0.05, 0.1) is 5.56 Å². The van der Waals surface area contributed by atoms with Crippen LogP contribution < -0.4 is 10.6 Å². The summed E-state index contributed by atoms with van der Waals surface area (Å²) in [5.41, 5.74) is 0.508. The molecule has 0 aromatic carbocycles. The molecule has 2 N–H and O–H groups in total. The van der Waals surface area contributed by atoms with Gasteiger partial charge in [0, 0.05) is 24.5 Å². The molecule has 1 saturated carbocycles. The highest BCUT2D eigenvalue weighted by Gasteiger charge is 2.34. The molecule has 0 bridgehead atoms. The van der Waals surface area contributed by atoms with Crippen LogP contribution >= 0.6 is 0 Å². The molecule has 11 heteroatoms. The first-order valence-electron chi connectivity index (χ1n) is 10.3. The number of fused-ring (bicyclic) bond motifs is 2. The van der Waals surface area contributed by atoms with Crippen LogP contribution in [0.4, 0.5) is 19.0 Å². The molecular formula is C21H20F3N7O. The third-order valence-corrected chi connectivity index (χ3v) is 5.73. The van der Waals surface area contributed by atoms with E-state index in [0.717, 1.165) is 31.9 Å². The summed E-state index contributed by atoms with van der Waals surface area (Å²) in [5.74, 6) is 0.404. The van der Waals surface area contributed by atoms with E-state index in [0.29, 0.717) is 17.0 Å². The number of rotatable bonds is 4. The molecule has 4 heterocycles. The fraction of sp³-hybridized carbons (Fsp3) is 0.333. The number of nitrogens with one attached hydrogen (secondary N) is 2. The molecule has 1 aliphatic carbocycles. The number of halogens is 3. The van der Waals surface area contributed by atoms with E-state index in [4.69, 9.17) is 0 Å². The van der Waals surface area contributed by atoms with Gasteiger partial charge in [-0.3, -0.25) is 9.20 Å². The minimum Gasteiger partial charge on any atom is -0.368 e. The minimum atomic E-state index is -4.49. The fourth-order valence-electron chi connectivity index (χ4n) is 4.08. The molecule has 0 saturated heterocycles. The zero-order chi connectivity index (χ0) is 22.3. The zero-order valence-corrected chi connectivity index (χ0v) is 16.9. The maximum absolute atomic E-state index is 13.0. The smallest absolute Gasteiger partial charge is 0.368 e. The number of imidazole rings is 1. The Morgan fingerprint density at radius 3 is 2.56 bits per heavy atom. The second-order valence-corrected chi connectivity index (χ2v) is 7.91. The summed E-state index contributed by atoms with van der Waals surface area (Å²) >= 11 is 0. The van der Waals surface area contributed by atoms with E-state index < -0.39 is 11.9 Å². The molecular weight excluding hydrogens is 423 g/mol. The number of alkyl halides is 3. The lowest BCUT2D eigenvalue weighted by Crippen LogP contribution is -2.40. The predicted octanol–water partition coefficient (Wildman–Crippen LogP) is 3.55. The fourth-order valence-corrected chi connectivity index (χ4v) is 4.08. The van der Waals surface area contributed by atoms with Crippen LogP contribution in [-0.2, 0) is 6.18 Å². The van der Waals surface area contributed by atoms with Crippen LogP contribution in [0.2, 0.25) is 0 Å². The molecule has 4 aromatic heterocycles. The van der Waals surface area contributed by atoms with Gasteiger partial charge in [0.25, 0.3) is 5.91 Å². The molecule has 1 amide bonds. The first-order valence-corrected chi connectivity index (χ1v) is 10.3. The highest BCUT2D eigenvalue weighted by Crippen LogP contribution is 2.30. The summed E-state index contributed by atoms with van der Waals surface area (Å²) in [7, 11) is 0. The number of hydrogen-bond acceptors (Lipinski definition) is 5. The van der Waals surface area contributed by atoms with Gasteiger partial charge in [-0.25, -0.2) is 14.5 Å². The average Bonchev–Trinajstić information content (AvgIpc) is 3.42. The molecule has 8 nitrogen and oxygen atoms in total. The van der Waals surface area contributed by atoms with Crippen LogP contribution in [0.25, 0.3) is 11.3 Å². The van der Waals surface area contributed by atoms with Crippen LogP contribution in [0, 0.1) is 0 Å². The number of anilines is 1. The van der Waals surface area contributed by atoms with Crippen molar-refractivity contribution in [1.29, 1.82) is 0 Å². The number of carbonyl (C=O) groups is 1. The van der Waals surface area contributed by atoms with Crippen molar-refractivity contribution in [3.63, 3.8) is 0 Å². The van der Waals surface area contributed by atoms with Gasteiger partial charge in [0.1, 0.15) is 17.8 Å². The maximum atomic E-state index is 13.0. The minimum absolute atomic E-state index is 0.0351. The van der Waals surface area contributed by atoms with Crippen molar-refractivity contribution in [3.8, 4) is 0 Å². The molecule has 1 aliphatic rings. The van der Waals surface area contributed by atoms with Gasteiger partial charge in [0.2, 0.25) is 0 Å². The average molecular weight is 443 g/mol. The Labute approximate surface area is 180 Å². The molecule has 0 unspecified atom stereocenters. The van der Waals surface area contributed by atoms with Gasteiger partial charge in [-0.2, -0.15) is 18.3 Å². The molecule has 5 rings (SSSR count). The SMILES string of the molecule is O=C(NC1CCC(Nc2cccc3nc(C(F)(F)F)cn23)CC1)c1ccc2ncnn2c1. The van der Waals surface area contributed by atoms with Gasteiger partial charge in [0.15, 0.2) is 11.3 Å². The van der Waals surface area contributed by atoms with E-state index in [1.54, 1.807) is 41.0 Å². The van der Waals surface area contributed by atoms with Crippen LogP contribution in [0.3, 0.4) is 0 Å². The number of aromatic nitrogens is 5. The first-order chi connectivity index (χ1) is 15.4. The van der Waals surface area contributed by atoms with Crippen molar-refractivity contribution in [1.82, 2.24) is 29.3 Å². The summed E-state index contributed by atoms with van der Waals surface area (Å²) in [6, 6.07) is 8.55. The lowest BCUT2D eigenvalue weighted by molar-refractivity contribution is -0.140. The summed E-state index contributed by atoms with van der Waals surface area (Å²) in [6.45, 7) is 0. The van der Waals surface area contributed by atoms with Gasteiger partial charge in [-0.05, 0) is 49.9 Å². The van der Waals surface area contributed by atoms with Gasteiger partial charge in [-0.1, -0.05) is 6.07 Å². The van der Waals surface area contributed by atoms with Crippen molar-refractivity contribution in [2.75, 3.05) is 5.32 Å². The summed E-state index contributed by atoms with van der Waals surface area (Å²) < 4.78 is 42.0. The van der Waals surface area contributed by atoms with Crippen molar-refractivity contribution in [2.45, 2.75) is 43.9 Å². The second kappa shape index (κ2) is 7.81. The molecule has 1 fully saturated rings. The number of hydrogen-bond donors (Lipinski definition) is 2. The third-order valence-electron chi connectivity index (χ3n) is 5.73. The second-order valence-electron chi connectivity index (χ2n) is 7.91. The number of pyridine rings is 2. The Balaban J connectivity index is 1.20. The molecule has 0 atom stereocenters. The molecule has 166 valence electrons. The van der Waals surface area contributed by atoms with Crippen molar-refractivity contribution in [3.05, 3.63) is 60.3 Å². The summed E-state index contributed by atoms with van der Waals surface area (Å²) in [5, 5.41) is 10.4. The third kappa shape index (κ3) is 3.97. The summed E-state index contributed by atoms with van der Waals surface area (Å²) in [6.07, 6.45) is 2.69. The van der Waals surface area contributed by atoms with Crippen LogP contribution in [-0.4, -0.2) is 42.0 Å². The van der Waals surface area contributed by atoms with E-state index in [2.05, 4.69) is 25.7 Å². The Hall–Kier alpha value is -3.63. The quantitative estimate of drug-likeness (QED) is 0.504. The highest BCUT2D eigenvalue weighted by atomic mass is 19.4. The van der Waals surface area contributed by atoms with E-state index in [-0.39, 0.29) is 23.6 Å². The largest absolute Gasteiger partial charge is 0.434 e. The Morgan fingerprint density at radius 2 is 1.78 bits per heavy atom. The Bertz CT molecular complexity index is 1270. The Kier molecular flexibility index (Phi) is 4.95. The standard InChI is InChI=1S/C21H20F3N7O/c22-21(23,24)16-11-30-18(2-1-3-19(30)29-16)27-14-5-7-15(8-6-14)28-20(32)13-4-9-17-25-12-26-31(17)10-13/h1-4,9-12,14-15,27H,5-8H2,(H,28,32). The number of nitrogens with zero attached hydrogens (tertiary/aromatic N) is 5. The highest BCUT2D eigenvalue weighted by molar-refractivity contribution is 5.94. The van der Waals surface area contributed by atoms with Crippen molar-refractivity contribution >= 4 is 23.0 Å². The van der Waals surface area contributed by atoms with Gasteiger partial charge in [-0.15, -0.1) is 0 Å². The molecule has 0 aliphatic heterocycles. The normalized spacial score (nSPS) is 19.3. The lowest BCUT2D eigenvalue weighted by atomic mass is 9.91. The monoisotopic (exact) mass is 443 g/mol. The van der Waals surface area contributed by atoms with Crippen LogP contribution in [0.15, 0.2) is 49.1 Å². The van der Waals surface area contributed by atoms with Gasteiger partial charge >= 0.3 is 6.18 Å². The van der Waals surface area contributed by atoms with Gasteiger partial charge < -0.3 is 10.6 Å². The van der Waals surface area contributed by atoms with E-state index >= 15 is 0 Å². The zero-order valence-electron chi connectivity index (χ0n) is 16.9. The van der Waals surface area contributed by atoms with E-state index in [1.165, 1.54) is 10.7 Å². The predicted molar refractivity (Wildman–Crippen MR) is 110 cm³/mol. The Morgan fingerprint density at radius 1 is 1.00 bits per heavy atom. The summed E-state index contributed by atoms with van der Waals surface area (Å²) in [4.78, 5) is 20.3. The molecule has 4 aromatic rings. The van der Waals surface area contributed by atoms with Crippen LogP contribution in [0.1, 0.15) is 41.7 Å². The molecule has 0 spiro atoms. The first kappa shape index (κ1) is 20.3. The van der Waals surface area contributed by atoms with Crippen LogP contribution in [0.5, 0.6) is 0 Å². The molecule has 0 radical (unpaired) electrons. The topological polar surface area (TPSA) is 88.6 Å². The van der Waals surface area contributed by atoms with Crippen molar-refractivity contribution in [2.24, 2.45) is 0 Å². The maximum Gasteiger partial charge on any atom is 0.434 e. The molecule has 32 heavy (non-hydrogen) atoms. The number of amides is 1. The lowest BCUT2D eigenvalue weighted by Gasteiger charge is -2.30. The van der Waals surface area contributed by atoms with E-state index in [9.17, 15) is 18.0 Å².